The van der Waals surface area contributed by atoms with Gasteiger partial charge in [-0.2, -0.15) is 0 Å². The van der Waals surface area contributed by atoms with Crippen molar-refractivity contribution in [3.8, 4) is 22.8 Å². The van der Waals surface area contributed by atoms with E-state index in [0.717, 1.165) is 37.0 Å². The molecule has 0 atom stereocenters. The number of hydrogen-bond donors (Lipinski definition) is 2. The third kappa shape index (κ3) is 8.15. The number of thiazole rings is 1. The molecule has 1 heterocycles. The van der Waals surface area contributed by atoms with Gasteiger partial charge in [0.25, 0.3) is 11.8 Å². The number of nitrogens with zero attached hydrogens (tertiary/aromatic N) is 1. The van der Waals surface area contributed by atoms with E-state index in [9.17, 15) is 9.59 Å². The molecule has 0 aliphatic carbocycles. The van der Waals surface area contributed by atoms with Gasteiger partial charge in [-0.05, 0) is 67.4 Å². The number of carbonyl (C=O) groups excluding carboxylic acids is 2. The molecule has 39 heavy (non-hydrogen) atoms. The van der Waals surface area contributed by atoms with Crippen molar-refractivity contribution >= 4 is 34.0 Å². The van der Waals surface area contributed by atoms with E-state index >= 15 is 0 Å². The molecular weight excluding hydrogens is 510 g/mol. The number of hydrogen-bond acceptors (Lipinski definition) is 6. The maximum absolute atomic E-state index is 12.9. The van der Waals surface area contributed by atoms with E-state index in [-0.39, 0.29) is 11.8 Å². The van der Waals surface area contributed by atoms with Crippen molar-refractivity contribution < 1.29 is 19.1 Å². The second-order valence-corrected chi connectivity index (χ2v) is 9.84. The van der Waals surface area contributed by atoms with Crippen LogP contribution < -0.4 is 20.1 Å². The molecule has 202 valence electrons. The largest absolute Gasteiger partial charge is 0.494 e. The van der Waals surface area contributed by atoms with Crippen molar-refractivity contribution in [3.63, 3.8) is 0 Å². The van der Waals surface area contributed by atoms with Crippen LogP contribution in [0.2, 0.25) is 0 Å². The summed E-state index contributed by atoms with van der Waals surface area (Å²) in [6, 6.07) is 21.7. The van der Waals surface area contributed by atoms with E-state index in [1.54, 1.807) is 36.4 Å². The number of benzene rings is 3. The quantitative estimate of drug-likeness (QED) is 0.169. The van der Waals surface area contributed by atoms with E-state index in [1.165, 1.54) is 11.3 Å². The fourth-order valence-electron chi connectivity index (χ4n) is 3.69. The van der Waals surface area contributed by atoms with Crippen molar-refractivity contribution in [2.24, 2.45) is 0 Å². The van der Waals surface area contributed by atoms with Gasteiger partial charge in [0.05, 0.1) is 18.9 Å². The molecule has 0 saturated carbocycles. The molecule has 4 aromatic rings. The Bertz CT molecular complexity index is 1380. The molecule has 0 aliphatic rings. The molecule has 2 N–H and O–H groups in total. The van der Waals surface area contributed by atoms with Gasteiger partial charge in [0.1, 0.15) is 11.5 Å². The zero-order valence-electron chi connectivity index (χ0n) is 22.2. The van der Waals surface area contributed by atoms with E-state index in [2.05, 4.69) is 29.5 Å². The predicted octanol–water partition coefficient (Wildman–Crippen LogP) is 7.67. The SMILES string of the molecule is CCCCOc1ccc(C(=O)Nc2nc(-c3cccc(NC(=O)c4cccc(OCCCC)c4)c3)cs2)cc1. The lowest BCUT2D eigenvalue weighted by molar-refractivity contribution is 0.101. The minimum Gasteiger partial charge on any atom is -0.494 e. The van der Waals surface area contributed by atoms with Crippen LogP contribution in [0.3, 0.4) is 0 Å². The number of anilines is 2. The van der Waals surface area contributed by atoms with Gasteiger partial charge in [0, 0.05) is 27.8 Å². The molecule has 4 rings (SSSR count). The Morgan fingerprint density at radius 2 is 1.46 bits per heavy atom. The van der Waals surface area contributed by atoms with Gasteiger partial charge in [0.15, 0.2) is 5.13 Å². The first-order valence-corrected chi connectivity index (χ1v) is 14.1. The van der Waals surface area contributed by atoms with Crippen LogP contribution in [0.25, 0.3) is 11.3 Å². The monoisotopic (exact) mass is 543 g/mol. The van der Waals surface area contributed by atoms with Gasteiger partial charge in [-0.3, -0.25) is 14.9 Å². The summed E-state index contributed by atoms with van der Waals surface area (Å²) < 4.78 is 11.4. The Morgan fingerprint density at radius 3 is 2.21 bits per heavy atom. The van der Waals surface area contributed by atoms with Crippen LogP contribution in [-0.4, -0.2) is 30.0 Å². The Kier molecular flexibility index (Phi) is 10.1. The van der Waals surface area contributed by atoms with Crippen LogP contribution in [0.15, 0.2) is 78.2 Å². The lowest BCUT2D eigenvalue weighted by Gasteiger charge is -2.09. The molecule has 0 radical (unpaired) electrons. The van der Waals surface area contributed by atoms with Gasteiger partial charge < -0.3 is 14.8 Å². The lowest BCUT2D eigenvalue weighted by Crippen LogP contribution is -2.12. The Balaban J connectivity index is 1.36. The van der Waals surface area contributed by atoms with Gasteiger partial charge in [-0.15, -0.1) is 11.3 Å². The molecule has 0 aliphatic heterocycles. The minimum atomic E-state index is -0.238. The fraction of sp³-hybridized carbons (Fsp3) is 0.258. The third-order valence-electron chi connectivity index (χ3n) is 5.89. The van der Waals surface area contributed by atoms with Gasteiger partial charge in [-0.25, -0.2) is 4.98 Å². The van der Waals surface area contributed by atoms with Gasteiger partial charge in [0.2, 0.25) is 0 Å². The molecule has 0 fully saturated rings. The average molecular weight is 544 g/mol. The Hall–Kier alpha value is -4.17. The minimum absolute atomic E-state index is 0.221. The number of ether oxygens (including phenoxy) is 2. The first-order chi connectivity index (χ1) is 19.1. The number of unbranched alkanes of at least 4 members (excludes halogenated alkanes) is 2. The first kappa shape index (κ1) is 27.9. The van der Waals surface area contributed by atoms with E-state index in [4.69, 9.17) is 9.47 Å². The van der Waals surface area contributed by atoms with Crippen LogP contribution in [0.5, 0.6) is 11.5 Å². The summed E-state index contributed by atoms with van der Waals surface area (Å²) in [6.45, 7) is 5.51. The molecule has 1 aromatic heterocycles. The molecule has 0 unspecified atom stereocenters. The van der Waals surface area contributed by atoms with Crippen molar-refractivity contribution in [1.29, 1.82) is 0 Å². The highest BCUT2D eigenvalue weighted by atomic mass is 32.1. The standard InChI is InChI=1S/C31H33N3O4S/c1-3-5-17-37-26-15-13-22(14-16-26)29(35)34-31-33-28(21-39-31)23-9-7-11-25(19-23)32-30(36)24-10-8-12-27(20-24)38-18-6-4-2/h7-16,19-21H,3-6,17-18H2,1-2H3,(H,32,36)(H,33,34,35). The summed E-state index contributed by atoms with van der Waals surface area (Å²) >= 11 is 1.34. The van der Waals surface area contributed by atoms with E-state index in [1.807, 2.05) is 41.8 Å². The third-order valence-corrected chi connectivity index (χ3v) is 6.64. The molecular formula is C31H33N3O4S. The predicted molar refractivity (Wildman–Crippen MR) is 157 cm³/mol. The number of aromatic nitrogens is 1. The fourth-order valence-corrected chi connectivity index (χ4v) is 4.41. The zero-order valence-corrected chi connectivity index (χ0v) is 23.1. The van der Waals surface area contributed by atoms with E-state index in [0.29, 0.717) is 46.6 Å². The first-order valence-electron chi connectivity index (χ1n) is 13.2. The van der Waals surface area contributed by atoms with Gasteiger partial charge >= 0.3 is 0 Å². The number of nitrogens with one attached hydrogen (secondary N) is 2. The molecule has 8 heteroatoms. The molecule has 3 aromatic carbocycles. The van der Waals surface area contributed by atoms with Crippen LogP contribution in [0.4, 0.5) is 10.8 Å². The Morgan fingerprint density at radius 1 is 0.769 bits per heavy atom. The highest BCUT2D eigenvalue weighted by Crippen LogP contribution is 2.28. The number of rotatable bonds is 13. The van der Waals surface area contributed by atoms with Gasteiger partial charge in [-0.1, -0.05) is 44.9 Å². The molecule has 0 spiro atoms. The van der Waals surface area contributed by atoms with Crippen LogP contribution >= 0.6 is 11.3 Å². The van der Waals surface area contributed by atoms with Crippen LogP contribution in [0, 0.1) is 0 Å². The molecule has 7 nitrogen and oxygen atoms in total. The zero-order chi connectivity index (χ0) is 27.5. The summed E-state index contributed by atoms with van der Waals surface area (Å²) in [5.41, 5.74) is 3.23. The Labute approximate surface area is 233 Å². The highest BCUT2D eigenvalue weighted by Gasteiger charge is 2.12. The maximum Gasteiger partial charge on any atom is 0.257 e. The number of amides is 2. The van der Waals surface area contributed by atoms with Crippen LogP contribution in [-0.2, 0) is 0 Å². The molecule has 0 bridgehead atoms. The second kappa shape index (κ2) is 14.1. The number of carbonyl (C=O) groups is 2. The summed E-state index contributed by atoms with van der Waals surface area (Å²) in [4.78, 5) is 30.1. The highest BCUT2D eigenvalue weighted by molar-refractivity contribution is 7.14. The van der Waals surface area contributed by atoms with Crippen molar-refractivity contribution in [2.45, 2.75) is 39.5 Å². The average Bonchev–Trinajstić information content (AvgIpc) is 3.42. The summed E-state index contributed by atoms with van der Waals surface area (Å²) in [5, 5.41) is 8.17. The van der Waals surface area contributed by atoms with Crippen molar-refractivity contribution in [2.75, 3.05) is 23.8 Å². The molecule has 0 saturated heterocycles. The molecule has 2 amide bonds. The summed E-state index contributed by atoms with van der Waals surface area (Å²) in [5.74, 6) is 0.966. The van der Waals surface area contributed by atoms with Crippen molar-refractivity contribution in [1.82, 2.24) is 4.98 Å². The van der Waals surface area contributed by atoms with Crippen molar-refractivity contribution in [3.05, 3.63) is 89.3 Å². The maximum atomic E-state index is 12.9. The summed E-state index contributed by atoms with van der Waals surface area (Å²) in [6.07, 6.45) is 4.07. The second-order valence-electron chi connectivity index (χ2n) is 8.98. The smallest absolute Gasteiger partial charge is 0.257 e. The van der Waals surface area contributed by atoms with E-state index < -0.39 is 0 Å². The normalized spacial score (nSPS) is 10.6. The topological polar surface area (TPSA) is 89.5 Å². The summed E-state index contributed by atoms with van der Waals surface area (Å²) in [7, 11) is 0. The lowest BCUT2D eigenvalue weighted by atomic mass is 10.1. The van der Waals surface area contributed by atoms with Crippen LogP contribution in [0.1, 0.15) is 60.2 Å².